The first kappa shape index (κ1) is 25.6. The van der Waals surface area contributed by atoms with E-state index in [0.717, 1.165) is 12.1 Å². The molecule has 2 saturated heterocycles. The summed E-state index contributed by atoms with van der Waals surface area (Å²) in [5, 5.41) is 5.46. The lowest BCUT2D eigenvalue weighted by molar-refractivity contribution is -0.137. The molecule has 3 aromatic rings. The number of fused-ring (bicyclic) bond motifs is 1. The van der Waals surface area contributed by atoms with Crippen molar-refractivity contribution in [2.75, 3.05) is 36.5 Å². The Labute approximate surface area is 223 Å². The Morgan fingerprint density at radius 1 is 1.05 bits per heavy atom. The molecule has 0 saturated carbocycles. The van der Waals surface area contributed by atoms with Crippen LogP contribution in [0.5, 0.6) is 0 Å². The average Bonchev–Trinajstić information content (AvgIpc) is 3.14. The molecule has 3 heterocycles. The van der Waals surface area contributed by atoms with Crippen molar-refractivity contribution in [2.24, 2.45) is 5.41 Å². The summed E-state index contributed by atoms with van der Waals surface area (Å²) in [5.74, 6) is -3.36. The molecule has 1 atom stereocenters. The third-order valence-electron chi connectivity index (χ3n) is 7.21. The SMILES string of the molecule is O=C(Nc1cc(N2CC3(COC3)C2)cc2c1C(c1cc(F)ccc1Cl)NC2=O)c1cc(F)cc(C(F)(F)F)c1. The van der Waals surface area contributed by atoms with E-state index in [1.165, 1.54) is 6.07 Å². The third-order valence-corrected chi connectivity index (χ3v) is 7.56. The first-order valence-electron chi connectivity index (χ1n) is 11.9. The molecule has 3 aromatic carbocycles. The molecular weight excluding hydrogens is 545 g/mol. The van der Waals surface area contributed by atoms with Crippen molar-refractivity contribution >= 4 is 34.8 Å². The quantitative estimate of drug-likeness (QED) is 0.408. The first-order valence-corrected chi connectivity index (χ1v) is 12.3. The van der Waals surface area contributed by atoms with Crippen molar-refractivity contribution in [2.45, 2.75) is 12.2 Å². The predicted molar refractivity (Wildman–Crippen MR) is 132 cm³/mol. The monoisotopic (exact) mass is 563 g/mol. The van der Waals surface area contributed by atoms with Gasteiger partial charge in [0.15, 0.2) is 0 Å². The van der Waals surface area contributed by atoms with Crippen molar-refractivity contribution < 1.29 is 36.3 Å². The number of carbonyl (C=O) groups excluding carboxylic acids is 2. The molecule has 3 aliphatic heterocycles. The molecule has 0 aromatic heterocycles. The van der Waals surface area contributed by atoms with Crippen LogP contribution in [0.1, 0.15) is 43.4 Å². The number of nitrogens with zero attached hydrogens (tertiary/aromatic N) is 1. The fourth-order valence-corrected chi connectivity index (χ4v) is 5.50. The molecule has 6 rings (SSSR count). The summed E-state index contributed by atoms with van der Waals surface area (Å²) in [5.41, 5.74) is -0.481. The van der Waals surface area contributed by atoms with Crippen LogP contribution in [0, 0.1) is 17.0 Å². The number of halogens is 6. The predicted octanol–water partition coefficient (Wildman–Crippen LogP) is 5.56. The van der Waals surface area contributed by atoms with Crippen LogP contribution in [0.25, 0.3) is 0 Å². The van der Waals surface area contributed by atoms with Crippen LogP contribution in [0.3, 0.4) is 0 Å². The number of hydrogen-bond donors (Lipinski definition) is 2. The molecule has 0 bridgehead atoms. The third kappa shape index (κ3) is 4.49. The Morgan fingerprint density at radius 3 is 2.46 bits per heavy atom. The maximum absolute atomic E-state index is 14.1. The van der Waals surface area contributed by atoms with Gasteiger partial charge in [-0.1, -0.05) is 11.6 Å². The van der Waals surface area contributed by atoms with Crippen LogP contribution < -0.4 is 15.5 Å². The summed E-state index contributed by atoms with van der Waals surface area (Å²) >= 11 is 6.32. The van der Waals surface area contributed by atoms with E-state index in [4.69, 9.17) is 16.3 Å². The Morgan fingerprint density at radius 2 is 1.79 bits per heavy atom. The lowest BCUT2D eigenvalue weighted by atomic mass is 9.77. The molecule has 2 N–H and O–H groups in total. The van der Waals surface area contributed by atoms with Crippen LogP contribution in [-0.2, 0) is 10.9 Å². The number of ether oxygens (including phenoxy) is 1. The lowest BCUT2D eigenvalue weighted by Crippen LogP contribution is -2.66. The number of benzene rings is 3. The largest absolute Gasteiger partial charge is 0.416 e. The standard InChI is InChI=1S/C27H19ClF5N3O3/c28-20-2-1-15(29)6-18(20)23-22-19(25(38)35-23)7-17(36-9-26(10-36)11-39-12-26)8-21(22)34-24(37)13-3-14(27(31,32)33)5-16(30)4-13/h1-8,23H,9-12H2,(H,34,37)(H,35,38). The van der Waals surface area contributed by atoms with Gasteiger partial charge in [-0.3, -0.25) is 9.59 Å². The summed E-state index contributed by atoms with van der Waals surface area (Å²) in [6.45, 7) is 2.52. The molecular formula is C27H19ClF5N3O3. The van der Waals surface area contributed by atoms with Crippen LogP contribution in [0.4, 0.5) is 33.3 Å². The Hall–Kier alpha value is -3.70. The second kappa shape index (κ2) is 8.92. The fourth-order valence-electron chi connectivity index (χ4n) is 5.27. The smallest absolute Gasteiger partial charge is 0.380 e. The zero-order valence-corrected chi connectivity index (χ0v) is 20.7. The highest BCUT2D eigenvalue weighted by Crippen LogP contribution is 2.45. The average molecular weight is 564 g/mol. The summed E-state index contributed by atoms with van der Waals surface area (Å²) in [4.78, 5) is 28.2. The number of anilines is 2. The summed E-state index contributed by atoms with van der Waals surface area (Å²) < 4.78 is 73.2. The van der Waals surface area contributed by atoms with Gasteiger partial charge in [0.2, 0.25) is 0 Å². The van der Waals surface area contributed by atoms with Gasteiger partial charge in [-0.2, -0.15) is 13.2 Å². The van der Waals surface area contributed by atoms with Crippen molar-refractivity contribution in [3.8, 4) is 0 Å². The van der Waals surface area contributed by atoms with Crippen LogP contribution in [-0.4, -0.2) is 38.1 Å². The molecule has 1 unspecified atom stereocenters. The van der Waals surface area contributed by atoms with Crippen molar-refractivity contribution in [3.63, 3.8) is 0 Å². The zero-order chi connectivity index (χ0) is 27.7. The molecule has 39 heavy (non-hydrogen) atoms. The van der Waals surface area contributed by atoms with Crippen molar-refractivity contribution in [1.29, 1.82) is 0 Å². The molecule has 0 aliphatic carbocycles. The second-order valence-electron chi connectivity index (χ2n) is 10.1. The van der Waals surface area contributed by atoms with E-state index >= 15 is 0 Å². The van der Waals surface area contributed by atoms with E-state index in [2.05, 4.69) is 10.6 Å². The van der Waals surface area contributed by atoms with Crippen LogP contribution in [0.2, 0.25) is 5.02 Å². The van der Waals surface area contributed by atoms with Gasteiger partial charge in [-0.15, -0.1) is 0 Å². The maximum atomic E-state index is 14.1. The minimum absolute atomic E-state index is 0.0257. The van der Waals surface area contributed by atoms with E-state index in [0.29, 0.717) is 50.2 Å². The lowest BCUT2D eigenvalue weighted by Gasteiger charge is -2.56. The number of hydrogen-bond acceptors (Lipinski definition) is 4. The van der Waals surface area contributed by atoms with Gasteiger partial charge in [-0.05, 0) is 48.5 Å². The maximum Gasteiger partial charge on any atom is 0.416 e. The molecule has 2 fully saturated rings. The van der Waals surface area contributed by atoms with E-state index in [9.17, 15) is 31.5 Å². The van der Waals surface area contributed by atoms with E-state index in [1.54, 1.807) is 12.1 Å². The van der Waals surface area contributed by atoms with Gasteiger partial charge in [0, 0.05) is 51.7 Å². The minimum atomic E-state index is -4.87. The van der Waals surface area contributed by atoms with Gasteiger partial charge >= 0.3 is 6.18 Å². The molecule has 3 aliphatic rings. The zero-order valence-electron chi connectivity index (χ0n) is 20.0. The van der Waals surface area contributed by atoms with E-state index < -0.39 is 46.8 Å². The van der Waals surface area contributed by atoms with E-state index in [-0.39, 0.29) is 32.8 Å². The molecule has 0 radical (unpaired) electrons. The number of nitrogens with one attached hydrogen (secondary N) is 2. The molecule has 12 heteroatoms. The first-order chi connectivity index (χ1) is 18.4. The highest BCUT2D eigenvalue weighted by atomic mass is 35.5. The number of rotatable bonds is 4. The van der Waals surface area contributed by atoms with Crippen LogP contribution in [0.15, 0.2) is 48.5 Å². The van der Waals surface area contributed by atoms with Crippen molar-refractivity contribution in [3.05, 3.63) is 93.0 Å². The summed E-state index contributed by atoms with van der Waals surface area (Å²) in [6, 6.07) is 7.44. The summed E-state index contributed by atoms with van der Waals surface area (Å²) in [6.07, 6.45) is -4.87. The number of carbonyl (C=O) groups is 2. The van der Waals surface area contributed by atoms with Gasteiger partial charge in [0.1, 0.15) is 11.6 Å². The Balaban J connectivity index is 1.43. The fraction of sp³-hybridized carbons (Fsp3) is 0.259. The number of alkyl halides is 3. The topological polar surface area (TPSA) is 70.7 Å². The molecule has 6 nitrogen and oxygen atoms in total. The molecule has 2 amide bonds. The van der Waals surface area contributed by atoms with Gasteiger partial charge in [0.05, 0.1) is 30.2 Å². The molecule has 1 spiro atoms. The van der Waals surface area contributed by atoms with E-state index in [1.807, 2.05) is 4.90 Å². The highest BCUT2D eigenvalue weighted by Gasteiger charge is 2.49. The minimum Gasteiger partial charge on any atom is -0.380 e. The molecule has 202 valence electrons. The highest BCUT2D eigenvalue weighted by molar-refractivity contribution is 6.31. The number of amides is 2. The van der Waals surface area contributed by atoms with Gasteiger partial charge in [-0.25, -0.2) is 8.78 Å². The van der Waals surface area contributed by atoms with Crippen molar-refractivity contribution in [1.82, 2.24) is 5.32 Å². The Bertz CT molecular complexity index is 1530. The van der Waals surface area contributed by atoms with Gasteiger partial charge in [0.25, 0.3) is 11.8 Å². The Kier molecular flexibility index (Phi) is 5.85. The summed E-state index contributed by atoms with van der Waals surface area (Å²) in [7, 11) is 0. The normalized spacial score (nSPS) is 19.3. The van der Waals surface area contributed by atoms with Gasteiger partial charge < -0.3 is 20.3 Å². The van der Waals surface area contributed by atoms with Crippen LogP contribution >= 0.6 is 11.6 Å². The second-order valence-corrected chi connectivity index (χ2v) is 10.5.